The van der Waals surface area contributed by atoms with E-state index in [9.17, 15) is 9.18 Å². The Morgan fingerprint density at radius 2 is 1.65 bits per heavy atom. The van der Waals surface area contributed by atoms with Crippen molar-refractivity contribution in [1.29, 1.82) is 0 Å². The van der Waals surface area contributed by atoms with Crippen LogP contribution < -0.4 is 0 Å². The first-order chi connectivity index (χ1) is 7.93. The van der Waals surface area contributed by atoms with E-state index in [0.717, 1.165) is 0 Å². The standard InChI is InChI=1S/C11H14FNO.C2H6B/c1-8(12)9-4-6-10(7-5-9)11(14)13(2)3;1-3-2/h4-8H,1-3H3;1-2H3/t8-;/m0./s1. The Morgan fingerprint density at radius 1 is 1.24 bits per heavy atom. The number of halogens is 1. The highest BCUT2D eigenvalue weighted by molar-refractivity contribution is 6.31. The van der Waals surface area contributed by atoms with Gasteiger partial charge in [-0.2, -0.15) is 0 Å². The van der Waals surface area contributed by atoms with Gasteiger partial charge in [0.1, 0.15) is 13.5 Å². The molecule has 0 aliphatic heterocycles. The normalized spacial score (nSPS) is 10.9. The van der Waals surface area contributed by atoms with Crippen LogP contribution in [0.1, 0.15) is 29.0 Å². The van der Waals surface area contributed by atoms with E-state index in [1.165, 1.54) is 11.8 Å². The molecule has 4 heteroatoms. The van der Waals surface area contributed by atoms with Crippen LogP contribution in [-0.4, -0.2) is 32.2 Å². The molecule has 0 saturated heterocycles. The molecule has 1 rings (SSSR count). The van der Waals surface area contributed by atoms with Crippen LogP contribution >= 0.6 is 0 Å². The van der Waals surface area contributed by atoms with Crippen molar-refractivity contribution in [2.45, 2.75) is 26.7 Å². The first kappa shape index (κ1) is 15.7. The minimum absolute atomic E-state index is 0.0666. The molecule has 1 aromatic rings. The largest absolute Gasteiger partial charge is 0.345 e. The molecule has 0 saturated carbocycles. The van der Waals surface area contributed by atoms with Gasteiger partial charge in [0.25, 0.3) is 5.91 Å². The van der Waals surface area contributed by atoms with Crippen LogP contribution in [0.3, 0.4) is 0 Å². The van der Waals surface area contributed by atoms with Gasteiger partial charge in [-0.3, -0.25) is 4.79 Å². The lowest BCUT2D eigenvalue weighted by atomic mass is 9.88. The number of rotatable bonds is 2. The maximum atomic E-state index is 12.8. The summed E-state index contributed by atoms with van der Waals surface area (Å²) >= 11 is 0. The molecule has 1 atom stereocenters. The van der Waals surface area contributed by atoms with Crippen molar-refractivity contribution in [3.63, 3.8) is 0 Å². The van der Waals surface area contributed by atoms with Crippen LogP contribution in [0.2, 0.25) is 13.6 Å². The lowest BCUT2D eigenvalue weighted by Gasteiger charge is -2.10. The van der Waals surface area contributed by atoms with E-state index >= 15 is 0 Å². The predicted octanol–water partition coefficient (Wildman–Crippen LogP) is 3.21. The highest BCUT2D eigenvalue weighted by Crippen LogP contribution is 2.16. The Kier molecular flexibility index (Phi) is 7.27. The molecule has 0 fully saturated rings. The van der Waals surface area contributed by atoms with Gasteiger partial charge in [0.05, 0.1) is 0 Å². The summed E-state index contributed by atoms with van der Waals surface area (Å²) in [6, 6.07) is 6.57. The molecule has 0 bridgehead atoms. The van der Waals surface area contributed by atoms with Crippen molar-refractivity contribution in [2.75, 3.05) is 14.1 Å². The summed E-state index contributed by atoms with van der Waals surface area (Å²) in [7, 11) is 5.38. The van der Waals surface area contributed by atoms with Crippen molar-refractivity contribution >= 4 is 13.2 Å². The summed E-state index contributed by atoms with van der Waals surface area (Å²) in [5, 5.41) is 0. The second-order valence-electron chi connectivity index (χ2n) is 4.01. The summed E-state index contributed by atoms with van der Waals surface area (Å²) in [6.45, 7) is 5.47. The zero-order valence-corrected chi connectivity index (χ0v) is 11.2. The van der Waals surface area contributed by atoms with Crippen LogP contribution in [-0.2, 0) is 0 Å². The Morgan fingerprint density at radius 3 is 1.94 bits per heavy atom. The molecular formula is C13H20BFNO. The summed E-state index contributed by atoms with van der Waals surface area (Å²) in [4.78, 5) is 13.0. The molecule has 1 radical (unpaired) electrons. The summed E-state index contributed by atoms with van der Waals surface area (Å²) in [5.74, 6) is -0.0666. The molecule has 2 nitrogen and oxygen atoms in total. The van der Waals surface area contributed by atoms with Gasteiger partial charge in [0.2, 0.25) is 0 Å². The van der Waals surface area contributed by atoms with Gasteiger partial charge in [0.15, 0.2) is 0 Å². The highest BCUT2D eigenvalue weighted by Gasteiger charge is 2.08. The SMILES string of the molecule is C[B]C.C[C@H](F)c1ccc(C(=O)N(C)C)cc1. The first-order valence-electron chi connectivity index (χ1n) is 5.63. The monoisotopic (exact) mass is 236 g/mol. The third-order valence-corrected chi connectivity index (χ3v) is 2.02. The smallest absolute Gasteiger partial charge is 0.253 e. The molecule has 0 heterocycles. The third-order valence-electron chi connectivity index (χ3n) is 2.02. The molecule has 93 valence electrons. The molecule has 0 spiro atoms. The zero-order valence-electron chi connectivity index (χ0n) is 11.2. The molecule has 0 aliphatic carbocycles. The molecule has 0 aromatic heterocycles. The quantitative estimate of drug-likeness (QED) is 0.722. The number of nitrogens with zero attached hydrogens (tertiary/aromatic N) is 1. The lowest BCUT2D eigenvalue weighted by molar-refractivity contribution is 0.0827. The first-order valence-corrected chi connectivity index (χ1v) is 5.63. The van der Waals surface area contributed by atoms with Crippen LogP contribution in [0.4, 0.5) is 4.39 Å². The zero-order chi connectivity index (χ0) is 13.4. The number of amides is 1. The van der Waals surface area contributed by atoms with Gasteiger partial charge in [-0.05, 0) is 24.6 Å². The van der Waals surface area contributed by atoms with E-state index in [0.29, 0.717) is 11.1 Å². The number of carbonyl (C=O) groups excluding carboxylic acids is 1. The van der Waals surface area contributed by atoms with Crippen molar-refractivity contribution < 1.29 is 9.18 Å². The Bertz CT molecular complexity index is 336. The van der Waals surface area contributed by atoms with E-state index in [4.69, 9.17) is 0 Å². The Hall–Kier alpha value is -1.32. The lowest BCUT2D eigenvalue weighted by Crippen LogP contribution is -2.21. The summed E-state index contributed by atoms with van der Waals surface area (Å²) < 4.78 is 12.8. The fraction of sp³-hybridized carbons (Fsp3) is 0.462. The predicted molar refractivity (Wildman–Crippen MR) is 71.5 cm³/mol. The molecule has 0 unspecified atom stereocenters. The van der Waals surface area contributed by atoms with E-state index in [1.807, 2.05) is 20.9 Å². The van der Waals surface area contributed by atoms with Gasteiger partial charge in [-0.15, -0.1) is 0 Å². The van der Waals surface area contributed by atoms with Gasteiger partial charge >= 0.3 is 0 Å². The molecule has 0 aliphatic rings. The fourth-order valence-corrected chi connectivity index (χ4v) is 1.15. The number of alkyl halides is 1. The van der Waals surface area contributed by atoms with E-state index in [1.54, 1.807) is 38.4 Å². The molecule has 1 amide bonds. The van der Waals surface area contributed by atoms with Crippen molar-refractivity contribution in [3.05, 3.63) is 35.4 Å². The maximum absolute atomic E-state index is 12.8. The average molecular weight is 236 g/mol. The van der Waals surface area contributed by atoms with Gasteiger partial charge in [0, 0.05) is 19.7 Å². The maximum Gasteiger partial charge on any atom is 0.253 e. The van der Waals surface area contributed by atoms with Crippen molar-refractivity contribution in [2.24, 2.45) is 0 Å². The van der Waals surface area contributed by atoms with Crippen LogP contribution in [0.15, 0.2) is 24.3 Å². The summed E-state index contributed by atoms with van der Waals surface area (Å²) in [5.41, 5.74) is 1.18. The fourth-order valence-electron chi connectivity index (χ4n) is 1.15. The number of hydrogen-bond donors (Lipinski definition) is 0. The van der Waals surface area contributed by atoms with E-state index in [2.05, 4.69) is 0 Å². The van der Waals surface area contributed by atoms with E-state index in [-0.39, 0.29) is 5.91 Å². The second-order valence-corrected chi connectivity index (χ2v) is 4.01. The highest BCUT2D eigenvalue weighted by atomic mass is 19.1. The van der Waals surface area contributed by atoms with Gasteiger partial charge in [-0.1, -0.05) is 25.8 Å². The van der Waals surface area contributed by atoms with Crippen LogP contribution in [0.5, 0.6) is 0 Å². The third kappa shape index (κ3) is 5.52. The number of carbonyl (C=O) groups is 1. The number of hydrogen-bond acceptors (Lipinski definition) is 1. The second kappa shape index (κ2) is 7.88. The topological polar surface area (TPSA) is 20.3 Å². The van der Waals surface area contributed by atoms with E-state index < -0.39 is 6.17 Å². The minimum atomic E-state index is -0.987. The molecule has 17 heavy (non-hydrogen) atoms. The van der Waals surface area contributed by atoms with Crippen LogP contribution in [0, 0.1) is 0 Å². The van der Waals surface area contributed by atoms with Crippen molar-refractivity contribution in [1.82, 2.24) is 4.90 Å². The molecule has 1 aromatic carbocycles. The number of benzene rings is 1. The average Bonchev–Trinajstić information content (AvgIpc) is 2.29. The van der Waals surface area contributed by atoms with Gasteiger partial charge < -0.3 is 4.90 Å². The Balaban J connectivity index is 0.000000770. The molecule has 0 N–H and O–H groups in total. The Labute approximate surface area is 104 Å². The minimum Gasteiger partial charge on any atom is -0.345 e. The summed E-state index contributed by atoms with van der Waals surface area (Å²) in [6.07, 6.45) is -0.987. The van der Waals surface area contributed by atoms with Gasteiger partial charge in [-0.25, -0.2) is 4.39 Å². The van der Waals surface area contributed by atoms with Crippen molar-refractivity contribution in [3.8, 4) is 0 Å². The van der Waals surface area contributed by atoms with Crippen LogP contribution in [0.25, 0.3) is 0 Å². The molecular weight excluding hydrogens is 216 g/mol.